The van der Waals surface area contributed by atoms with Crippen LogP contribution in [-0.4, -0.2) is 22.7 Å². The molecule has 20 heavy (non-hydrogen) atoms. The molecule has 0 bridgehead atoms. The summed E-state index contributed by atoms with van der Waals surface area (Å²) in [7, 11) is 0. The van der Waals surface area contributed by atoms with Crippen molar-refractivity contribution < 1.29 is 9.53 Å². The van der Waals surface area contributed by atoms with E-state index in [0.717, 1.165) is 24.3 Å². The van der Waals surface area contributed by atoms with E-state index in [0.29, 0.717) is 5.82 Å². The SMILES string of the molecule is Cc1cc(NC(=O)COc2ccc3c(c2)CCC3)n[nH]1. The van der Waals surface area contributed by atoms with Gasteiger partial charge in [0.05, 0.1) is 0 Å². The average Bonchev–Trinajstić information content (AvgIpc) is 3.04. The molecule has 0 saturated heterocycles. The fourth-order valence-electron chi connectivity index (χ4n) is 2.45. The Kier molecular flexibility index (Phi) is 3.41. The number of ether oxygens (including phenoxy) is 1. The number of carbonyl (C=O) groups excluding carboxylic acids is 1. The first-order valence-corrected chi connectivity index (χ1v) is 6.77. The van der Waals surface area contributed by atoms with Gasteiger partial charge in [0.2, 0.25) is 0 Å². The van der Waals surface area contributed by atoms with Crippen molar-refractivity contribution in [3.63, 3.8) is 0 Å². The number of rotatable bonds is 4. The molecule has 0 aliphatic heterocycles. The van der Waals surface area contributed by atoms with E-state index >= 15 is 0 Å². The van der Waals surface area contributed by atoms with Crippen molar-refractivity contribution in [1.82, 2.24) is 10.2 Å². The molecule has 1 heterocycles. The first kappa shape index (κ1) is 12.7. The molecule has 1 aromatic heterocycles. The number of anilines is 1. The van der Waals surface area contributed by atoms with Crippen LogP contribution in [0.1, 0.15) is 23.2 Å². The Bertz CT molecular complexity index is 634. The third-order valence-electron chi connectivity index (χ3n) is 3.41. The van der Waals surface area contributed by atoms with E-state index in [1.54, 1.807) is 6.07 Å². The topological polar surface area (TPSA) is 67.0 Å². The second-order valence-corrected chi connectivity index (χ2v) is 5.06. The van der Waals surface area contributed by atoms with E-state index in [4.69, 9.17) is 4.74 Å². The van der Waals surface area contributed by atoms with E-state index in [2.05, 4.69) is 21.6 Å². The molecular weight excluding hydrogens is 254 g/mol. The van der Waals surface area contributed by atoms with Gasteiger partial charge in [-0.15, -0.1) is 0 Å². The van der Waals surface area contributed by atoms with E-state index in [9.17, 15) is 4.79 Å². The fourth-order valence-corrected chi connectivity index (χ4v) is 2.45. The molecule has 5 nitrogen and oxygen atoms in total. The molecule has 0 atom stereocenters. The maximum absolute atomic E-state index is 11.7. The third-order valence-corrected chi connectivity index (χ3v) is 3.41. The van der Waals surface area contributed by atoms with Crippen molar-refractivity contribution in [3.8, 4) is 5.75 Å². The molecule has 1 aromatic carbocycles. The number of carbonyl (C=O) groups is 1. The largest absolute Gasteiger partial charge is 0.484 e. The third kappa shape index (κ3) is 2.82. The molecule has 3 rings (SSSR count). The average molecular weight is 271 g/mol. The minimum absolute atomic E-state index is 0.00923. The van der Waals surface area contributed by atoms with Crippen molar-refractivity contribution in [3.05, 3.63) is 41.1 Å². The number of H-pyrrole nitrogens is 1. The number of hydrogen-bond acceptors (Lipinski definition) is 3. The zero-order valence-corrected chi connectivity index (χ0v) is 11.4. The number of nitrogens with one attached hydrogen (secondary N) is 2. The van der Waals surface area contributed by atoms with Crippen LogP contribution < -0.4 is 10.1 Å². The number of aromatic amines is 1. The van der Waals surface area contributed by atoms with Crippen LogP contribution in [0.4, 0.5) is 5.82 Å². The summed E-state index contributed by atoms with van der Waals surface area (Å²) in [4.78, 5) is 11.7. The number of fused-ring (bicyclic) bond motifs is 1. The van der Waals surface area contributed by atoms with Gasteiger partial charge < -0.3 is 10.1 Å². The Hall–Kier alpha value is -2.30. The van der Waals surface area contributed by atoms with Crippen LogP contribution in [0.5, 0.6) is 5.75 Å². The number of amides is 1. The molecule has 1 aliphatic rings. The Balaban J connectivity index is 1.55. The smallest absolute Gasteiger partial charge is 0.263 e. The lowest BCUT2D eigenvalue weighted by Crippen LogP contribution is -2.20. The van der Waals surface area contributed by atoms with Crippen molar-refractivity contribution in [2.45, 2.75) is 26.2 Å². The summed E-state index contributed by atoms with van der Waals surface area (Å²) >= 11 is 0. The Morgan fingerprint density at radius 3 is 3.00 bits per heavy atom. The van der Waals surface area contributed by atoms with Gasteiger partial charge in [0.15, 0.2) is 12.4 Å². The molecular formula is C15H17N3O2. The highest BCUT2D eigenvalue weighted by Crippen LogP contribution is 2.25. The van der Waals surface area contributed by atoms with Gasteiger partial charge in [-0.25, -0.2) is 0 Å². The zero-order valence-electron chi connectivity index (χ0n) is 11.4. The first-order chi connectivity index (χ1) is 9.70. The maximum Gasteiger partial charge on any atom is 0.263 e. The molecule has 1 amide bonds. The van der Waals surface area contributed by atoms with E-state index in [1.807, 2.05) is 19.1 Å². The lowest BCUT2D eigenvalue weighted by Gasteiger charge is -2.07. The second-order valence-electron chi connectivity index (χ2n) is 5.06. The van der Waals surface area contributed by atoms with Crippen molar-refractivity contribution >= 4 is 11.7 Å². The standard InChI is InChI=1S/C15H17N3O2/c1-10-7-14(18-17-10)16-15(19)9-20-13-6-5-11-3-2-4-12(11)8-13/h5-8H,2-4,9H2,1H3,(H2,16,17,18,19). The molecule has 0 unspecified atom stereocenters. The number of aromatic nitrogens is 2. The summed E-state index contributed by atoms with van der Waals surface area (Å²) in [5.74, 6) is 1.06. The van der Waals surface area contributed by atoms with Crippen LogP contribution in [0, 0.1) is 6.92 Å². The van der Waals surface area contributed by atoms with E-state index in [1.165, 1.54) is 17.5 Å². The van der Waals surface area contributed by atoms with Gasteiger partial charge in [0.1, 0.15) is 5.75 Å². The Labute approximate surface area is 117 Å². The molecule has 104 valence electrons. The fraction of sp³-hybridized carbons (Fsp3) is 0.333. The summed E-state index contributed by atoms with van der Waals surface area (Å²) in [5, 5.41) is 9.39. The van der Waals surface area contributed by atoms with Gasteiger partial charge in [0.25, 0.3) is 5.91 Å². The van der Waals surface area contributed by atoms with Crippen LogP contribution in [0.25, 0.3) is 0 Å². The summed E-state index contributed by atoms with van der Waals surface area (Å²) in [5.41, 5.74) is 3.64. The molecule has 0 fully saturated rings. The molecule has 2 aromatic rings. The summed E-state index contributed by atoms with van der Waals surface area (Å²) < 4.78 is 5.52. The normalized spacial score (nSPS) is 13.1. The molecule has 5 heteroatoms. The predicted octanol–water partition coefficient (Wildman–Crippen LogP) is 2.22. The monoisotopic (exact) mass is 271 g/mol. The van der Waals surface area contributed by atoms with Crippen molar-refractivity contribution in [2.24, 2.45) is 0 Å². The highest BCUT2D eigenvalue weighted by atomic mass is 16.5. The van der Waals surface area contributed by atoms with Crippen LogP contribution in [-0.2, 0) is 17.6 Å². The zero-order chi connectivity index (χ0) is 13.9. The van der Waals surface area contributed by atoms with Crippen LogP contribution in [0.2, 0.25) is 0 Å². The number of benzene rings is 1. The van der Waals surface area contributed by atoms with Gasteiger partial charge in [-0.1, -0.05) is 6.07 Å². The van der Waals surface area contributed by atoms with E-state index in [-0.39, 0.29) is 12.5 Å². The summed E-state index contributed by atoms with van der Waals surface area (Å²) in [6, 6.07) is 7.82. The molecule has 0 saturated carbocycles. The van der Waals surface area contributed by atoms with Crippen LogP contribution in [0.15, 0.2) is 24.3 Å². The van der Waals surface area contributed by atoms with Crippen LogP contribution in [0.3, 0.4) is 0 Å². The Morgan fingerprint density at radius 1 is 1.35 bits per heavy atom. The van der Waals surface area contributed by atoms with Crippen molar-refractivity contribution in [1.29, 1.82) is 0 Å². The van der Waals surface area contributed by atoms with Gasteiger partial charge in [0, 0.05) is 11.8 Å². The highest BCUT2D eigenvalue weighted by molar-refractivity contribution is 5.90. The summed E-state index contributed by atoms with van der Waals surface area (Å²) in [6.45, 7) is 1.87. The van der Waals surface area contributed by atoms with Crippen molar-refractivity contribution in [2.75, 3.05) is 11.9 Å². The molecule has 0 radical (unpaired) electrons. The molecule has 0 spiro atoms. The Morgan fingerprint density at radius 2 is 2.20 bits per heavy atom. The number of nitrogens with zero attached hydrogens (tertiary/aromatic N) is 1. The molecule has 1 aliphatic carbocycles. The lowest BCUT2D eigenvalue weighted by atomic mass is 10.1. The van der Waals surface area contributed by atoms with E-state index < -0.39 is 0 Å². The number of aryl methyl sites for hydroxylation is 3. The van der Waals surface area contributed by atoms with Gasteiger partial charge in [-0.3, -0.25) is 9.89 Å². The first-order valence-electron chi connectivity index (χ1n) is 6.77. The quantitative estimate of drug-likeness (QED) is 0.896. The predicted molar refractivity (Wildman–Crippen MR) is 75.9 cm³/mol. The maximum atomic E-state index is 11.7. The van der Waals surface area contributed by atoms with Gasteiger partial charge in [-0.2, -0.15) is 5.10 Å². The van der Waals surface area contributed by atoms with Gasteiger partial charge >= 0.3 is 0 Å². The van der Waals surface area contributed by atoms with Crippen LogP contribution >= 0.6 is 0 Å². The highest BCUT2D eigenvalue weighted by Gasteiger charge is 2.12. The lowest BCUT2D eigenvalue weighted by molar-refractivity contribution is -0.118. The number of hydrogen-bond donors (Lipinski definition) is 2. The summed E-state index contributed by atoms with van der Waals surface area (Å²) in [6.07, 6.45) is 3.46. The van der Waals surface area contributed by atoms with Gasteiger partial charge in [-0.05, 0) is 49.4 Å². The second kappa shape index (κ2) is 5.36. The minimum atomic E-state index is -0.211. The molecule has 2 N–H and O–H groups in total. The minimum Gasteiger partial charge on any atom is -0.484 e.